The zero-order valence-corrected chi connectivity index (χ0v) is 14.6. The quantitative estimate of drug-likeness (QED) is 0.328. The first-order chi connectivity index (χ1) is 11.5. The largest absolute Gasteiger partial charge is 0.493 e. The van der Waals surface area contributed by atoms with Gasteiger partial charge in [0.2, 0.25) is 0 Å². The van der Waals surface area contributed by atoms with Crippen LogP contribution in [0.4, 0.5) is 0 Å². The third-order valence-corrected chi connectivity index (χ3v) is 2.95. The highest BCUT2D eigenvalue weighted by atomic mass is 16.5. The molecule has 0 unspecified atom stereocenters. The van der Waals surface area contributed by atoms with E-state index in [1.165, 1.54) is 6.21 Å². The number of unbranched alkanes of at least 4 members (excludes halogenated alkanes) is 1. The Morgan fingerprint density at radius 2 is 2.00 bits per heavy atom. The second-order valence-corrected chi connectivity index (χ2v) is 5.44. The van der Waals surface area contributed by atoms with E-state index in [0.29, 0.717) is 23.7 Å². The molecule has 1 aromatic carbocycles. The molecule has 0 aliphatic carbocycles. The van der Waals surface area contributed by atoms with Crippen LogP contribution in [-0.4, -0.2) is 37.8 Å². The molecule has 0 bridgehead atoms. The van der Waals surface area contributed by atoms with E-state index in [-0.39, 0.29) is 6.04 Å². The van der Waals surface area contributed by atoms with Gasteiger partial charge in [0.25, 0.3) is 0 Å². The second kappa shape index (κ2) is 10.3. The molecule has 7 heteroatoms. The summed E-state index contributed by atoms with van der Waals surface area (Å²) in [6, 6.07) is 5.18. The third kappa shape index (κ3) is 6.68. The lowest BCUT2D eigenvalue weighted by molar-refractivity contribution is -0.139. The molecule has 2 amide bonds. The van der Waals surface area contributed by atoms with Crippen molar-refractivity contribution in [1.82, 2.24) is 10.7 Å². The summed E-state index contributed by atoms with van der Waals surface area (Å²) in [7, 11) is 1.57. The topological polar surface area (TPSA) is 89.0 Å². The van der Waals surface area contributed by atoms with Crippen LogP contribution in [0.15, 0.2) is 23.3 Å². The highest BCUT2D eigenvalue weighted by molar-refractivity contribution is 6.35. The van der Waals surface area contributed by atoms with Crippen LogP contribution in [0.25, 0.3) is 0 Å². The van der Waals surface area contributed by atoms with Gasteiger partial charge in [-0.1, -0.05) is 13.3 Å². The highest BCUT2D eigenvalue weighted by Crippen LogP contribution is 2.27. The van der Waals surface area contributed by atoms with Crippen LogP contribution in [0.5, 0.6) is 11.5 Å². The number of methoxy groups -OCH3 is 1. The Kier molecular flexibility index (Phi) is 8.32. The SMILES string of the molecule is CCCCOc1cc(/C=N\NC(=O)C(=O)NC(C)C)ccc1OC. The Balaban J connectivity index is 2.68. The summed E-state index contributed by atoms with van der Waals surface area (Å²) in [5, 5.41) is 6.26. The molecule has 24 heavy (non-hydrogen) atoms. The molecule has 2 N–H and O–H groups in total. The summed E-state index contributed by atoms with van der Waals surface area (Å²) in [5.41, 5.74) is 2.90. The Morgan fingerprint density at radius 1 is 1.25 bits per heavy atom. The summed E-state index contributed by atoms with van der Waals surface area (Å²) in [6.07, 6.45) is 3.42. The number of rotatable bonds is 8. The molecule has 0 aromatic heterocycles. The molecular formula is C17H25N3O4. The van der Waals surface area contributed by atoms with Crippen molar-refractivity contribution in [3.05, 3.63) is 23.8 Å². The van der Waals surface area contributed by atoms with Crippen molar-refractivity contribution in [2.75, 3.05) is 13.7 Å². The Labute approximate surface area is 142 Å². The molecule has 0 atom stereocenters. The van der Waals surface area contributed by atoms with Gasteiger partial charge in [-0.15, -0.1) is 0 Å². The third-order valence-electron chi connectivity index (χ3n) is 2.95. The maximum absolute atomic E-state index is 11.5. The monoisotopic (exact) mass is 335 g/mol. The number of nitrogens with zero attached hydrogens (tertiary/aromatic N) is 1. The molecule has 0 aliphatic heterocycles. The van der Waals surface area contributed by atoms with E-state index in [9.17, 15) is 9.59 Å². The maximum atomic E-state index is 11.5. The van der Waals surface area contributed by atoms with E-state index in [1.54, 1.807) is 39.2 Å². The predicted octanol–water partition coefficient (Wildman–Crippen LogP) is 1.85. The van der Waals surface area contributed by atoms with Crippen molar-refractivity contribution < 1.29 is 19.1 Å². The number of hydrogen-bond donors (Lipinski definition) is 2. The molecular weight excluding hydrogens is 310 g/mol. The average molecular weight is 335 g/mol. The number of carbonyl (C=O) groups is 2. The molecule has 0 fully saturated rings. The van der Waals surface area contributed by atoms with Crippen LogP contribution < -0.4 is 20.2 Å². The summed E-state index contributed by atoms with van der Waals surface area (Å²) in [5.74, 6) is -0.296. The summed E-state index contributed by atoms with van der Waals surface area (Å²) in [4.78, 5) is 23.0. The predicted molar refractivity (Wildman–Crippen MR) is 92.4 cm³/mol. The van der Waals surface area contributed by atoms with Gasteiger partial charge >= 0.3 is 11.8 Å². The van der Waals surface area contributed by atoms with E-state index in [2.05, 4.69) is 22.8 Å². The maximum Gasteiger partial charge on any atom is 0.329 e. The first-order valence-electron chi connectivity index (χ1n) is 7.92. The Hall–Kier alpha value is -2.57. The van der Waals surface area contributed by atoms with Gasteiger partial charge in [-0.25, -0.2) is 5.43 Å². The molecule has 0 heterocycles. The van der Waals surface area contributed by atoms with E-state index in [0.717, 1.165) is 12.8 Å². The minimum Gasteiger partial charge on any atom is -0.493 e. The lowest BCUT2D eigenvalue weighted by atomic mass is 10.2. The first kappa shape index (κ1) is 19.5. The molecule has 0 saturated heterocycles. The molecule has 7 nitrogen and oxygen atoms in total. The molecule has 0 aliphatic rings. The molecule has 1 aromatic rings. The number of ether oxygens (including phenoxy) is 2. The van der Waals surface area contributed by atoms with Crippen LogP contribution in [0, 0.1) is 0 Å². The van der Waals surface area contributed by atoms with Crippen LogP contribution in [0.1, 0.15) is 39.2 Å². The van der Waals surface area contributed by atoms with Crippen LogP contribution in [0.3, 0.4) is 0 Å². The second-order valence-electron chi connectivity index (χ2n) is 5.44. The number of amides is 2. The van der Waals surface area contributed by atoms with Crippen molar-refractivity contribution in [2.45, 2.75) is 39.7 Å². The van der Waals surface area contributed by atoms with Crippen LogP contribution >= 0.6 is 0 Å². The number of benzene rings is 1. The number of carbonyl (C=O) groups excluding carboxylic acids is 2. The number of hydrogen-bond acceptors (Lipinski definition) is 5. The highest BCUT2D eigenvalue weighted by Gasteiger charge is 2.13. The van der Waals surface area contributed by atoms with Crippen molar-refractivity contribution in [1.29, 1.82) is 0 Å². The van der Waals surface area contributed by atoms with E-state index in [1.807, 2.05) is 0 Å². The van der Waals surface area contributed by atoms with Gasteiger partial charge in [0.15, 0.2) is 11.5 Å². The normalized spacial score (nSPS) is 10.7. The standard InChI is InChI=1S/C17H25N3O4/c1-5-6-9-24-15-10-13(7-8-14(15)23-4)11-18-20-17(22)16(21)19-12(2)3/h7-8,10-12H,5-6,9H2,1-4H3,(H,19,21)(H,20,22)/b18-11-. The van der Waals surface area contributed by atoms with Crippen molar-refractivity contribution in [3.63, 3.8) is 0 Å². The van der Waals surface area contributed by atoms with Crippen LogP contribution in [0.2, 0.25) is 0 Å². The lowest BCUT2D eigenvalue weighted by Crippen LogP contribution is -2.41. The molecule has 1 rings (SSSR count). The minimum atomic E-state index is -0.812. The summed E-state index contributed by atoms with van der Waals surface area (Å²) < 4.78 is 10.9. The zero-order valence-electron chi connectivity index (χ0n) is 14.6. The molecule has 0 spiro atoms. The fraction of sp³-hybridized carbons (Fsp3) is 0.471. The van der Waals surface area contributed by atoms with Crippen LogP contribution in [-0.2, 0) is 9.59 Å². The van der Waals surface area contributed by atoms with E-state index >= 15 is 0 Å². The van der Waals surface area contributed by atoms with Gasteiger partial charge in [0, 0.05) is 6.04 Å². The van der Waals surface area contributed by atoms with Gasteiger partial charge in [0.1, 0.15) is 0 Å². The minimum absolute atomic E-state index is 0.114. The number of hydrazone groups is 1. The van der Waals surface area contributed by atoms with Crippen molar-refractivity contribution in [2.24, 2.45) is 5.10 Å². The first-order valence-corrected chi connectivity index (χ1v) is 7.92. The fourth-order valence-electron chi connectivity index (χ4n) is 1.76. The molecule has 0 saturated carbocycles. The van der Waals surface area contributed by atoms with Crippen molar-refractivity contribution in [3.8, 4) is 11.5 Å². The zero-order chi connectivity index (χ0) is 17.9. The lowest BCUT2D eigenvalue weighted by Gasteiger charge is -2.11. The van der Waals surface area contributed by atoms with Gasteiger partial charge in [0.05, 0.1) is 19.9 Å². The molecule has 132 valence electrons. The Morgan fingerprint density at radius 3 is 2.62 bits per heavy atom. The van der Waals surface area contributed by atoms with E-state index < -0.39 is 11.8 Å². The fourth-order valence-corrected chi connectivity index (χ4v) is 1.76. The number of nitrogens with one attached hydrogen (secondary N) is 2. The van der Waals surface area contributed by atoms with Gasteiger partial charge < -0.3 is 14.8 Å². The van der Waals surface area contributed by atoms with Gasteiger partial charge in [-0.2, -0.15) is 5.10 Å². The van der Waals surface area contributed by atoms with E-state index in [4.69, 9.17) is 9.47 Å². The summed E-state index contributed by atoms with van der Waals surface area (Å²) in [6.45, 7) is 6.22. The Bertz CT molecular complexity index is 585. The average Bonchev–Trinajstić information content (AvgIpc) is 2.54. The smallest absolute Gasteiger partial charge is 0.329 e. The summed E-state index contributed by atoms with van der Waals surface area (Å²) >= 11 is 0. The van der Waals surface area contributed by atoms with Gasteiger partial charge in [-0.3, -0.25) is 9.59 Å². The van der Waals surface area contributed by atoms with Crippen molar-refractivity contribution >= 4 is 18.0 Å². The molecule has 0 radical (unpaired) electrons. The van der Waals surface area contributed by atoms with Gasteiger partial charge in [-0.05, 0) is 44.0 Å².